The first kappa shape index (κ1) is 16.5. The summed E-state index contributed by atoms with van der Waals surface area (Å²) in [7, 11) is 2.15. The molecule has 6 nitrogen and oxygen atoms in total. The van der Waals surface area contributed by atoms with E-state index in [0.717, 1.165) is 25.1 Å². The minimum atomic E-state index is -0.430. The van der Waals surface area contributed by atoms with Gasteiger partial charge in [-0.15, -0.1) is 0 Å². The molecule has 2 fully saturated rings. The molecule has 0 bridgehead atoms. The van der Waals surface area contributed by atoms with E-state index in [1.54, 1.807) is 12.5 Å². The van der Waals surface area contributed by atoms with Crippen molar-refractivity contribution in [2.75, 3.05) is 13.6 Å². The molecule has 128 valence electrons. The molecule has 1 aliphatic carbocycles. The molecule has 1 amide bonds. The Hall–Kier alpha value is -1.40. The van der Waals surface area contributed by atoms with E-state index in [-0.39, 0.29) is 17.4 Å². The third-order valence-electron chi connectivity index (χ3n) is 5.53. The average Bonchev–Trinajstić information content (AvgIpc) is 3.05. The maximum atomic E-state index is 12.2. The Morgan fingerprint density at radius 3 is 2.96 bits per heavy atom. The Labute approximate surface area is 137 Å². The molecule has 1 aromatic heterocycles. The number of hydrogen-bond acceptors (Lipinski definition) is 4. The molecule has 4 atom stereocenters. The molecule has 3 N–H and O–H groups in total. The van der Waals surface area contributed by atoms with Crippen LogP contribution in [0.2, 0.25) is 0 Å². The van der Waals surface area contributed by atoms with E-state index in [0.29, 0.717) is 24.8 Å². The topological polar surface area (TPSA) is 81.2 Å². The normalized spacial score (nSPS) is 34.0. The molecule has 2 heterocycles. The lowest BCUT2D eigenvalue weighted by Gasteiger charge is -2.57. The molecule has 23 heavy (non-hydrogen) atoms. The van der Waals surface area contributed by atoms with Crippen molar-refractivity contribution in [3.63, 3.8) is 0 Å². The third kappa shape index (κ3) is 3.15. The number of aromatic nitrogens is 2. The minimum absolute atomic E-state index is 0.00877. The average molecular weight is 320 g/mol. The number of nitrogens with one attached hydrogen (secondary N) is 2. The van der Waals surface area contributed by atoms with Crippen molar-refractivity contribution in [2.24, 2.45) is 11.3 Å². The lowest BCUT2D eigenvalue weighted by atomic mass is 9.66. The van der Waals surface area contributed by atoms with Gasteiger partial charge >= 0.3 is 0 Å². The van der Waals surface area contributed by atoms with Crippen molar-refractivity contribution in [1.82, 2.24) is 20.2 Å². The van der Waals surface area contributed by atoms with E-state index < -0.39 is 6.10 Å². The predicted molar refractivity (Wildman–Crippen MR) is 87.8 cm³/mol. The molecule has 0 aromatic carbocycles. The molecule has 1 saturated heterocycles. The van der Waals surface area contributed by atoms with Crippen LogP contribution in [0.15, 0.2) is 12.5 Å². The van der Waals surface area contributed by atoms with Gasteiger partial charge in [-0.3, -0.25) is 4.79 Å². The lowest BCUT2D eigenvalue weighted by molar-refractivity contribution is -0.122. The zero-order chi connectivity index (χ0) is 16.6. The number of carbonyl (C=O) groups is 1. The molecule has 6 heteroatoms. The van der Waals surface area contributed by atoms with Gasteiger partial charge < -0.3 is 20.3 Å². The molecule has 1 aromatic rings. The number of rotatable bonds is 5. The summed E-state index contributed by atoms with van der Waals surface area (Å²) in [6.07, 6.45) is 5.69. The molecule has 0 radical (unpaired) electrons. The quantitative estimate of drug-likeness (QED) is 0.754. The highest BCUT2D eigenvalue weighted by Gasteiger charge is 2.58. The Bertz CT molecular complexity index is 540. The molecular weight excluding hydrogens is 292 g/mol. The number of likely N-dealkylation sites (tertiary alicyclic amines) is 1. The molecule has 1 aliphatic heterocycles. The summed E-state index contributed by atoms with van der Waals surface area (Å²) in [5, 5.41) is 13.5. The lowest BCUT2D eigenvalue weighted by Crippen LogP contribution is -2.64. The van der Waals surface area contributed by atoms with E-state index in [2.05, 4.69) is 41.1 Å². The van der Waals surface area contributed by atoms with E-state index >= 15 is 0 Å². The van der Waals surface area contributed by atoms with Crippen molar-refractivity contribution in [3.8, 4) is 0 Å². The van der Waals surface area contributed by atoms with E-state index in [4.69, 9.17) is 0 Å². The van der Waals surface area contributed by atoms with E-state index in [9.17, 15) is 9.90 Å². The van der Waals surface area contributed by atoms with Gasteiger partial charge in [-0.1, -0.05) is 13.8 Å². The first-order valence-electron chi connectivity index (χ1n) is 8.56. The van der Waals surface area contributed by atoms with Crippen molar-refractivity contribution in [1.29, 1.82) is 0 Å². The summed E-state index contributed by atoms with van der Waals surface area (Å²) in [5.74, 6) is 0.574. The maximum Gasteiger partial charge on any atom is 0.220 e. The summed E-state index contributed by atoms with van der Waals surface area (Å²) in [5.41, 5.74) is 1.13. The van der Waals surface area contributed by atoms with E-state index in [1.165, 1.54) is 0 Å². The fourth-order valence-electron chi connectivity index (χ4n) is 4.94. The number of carbonyl (C=O) groups excluding carboxylic acids is 1. The highest BCUT2D eigenvalue weighted by atomic mass is 16.3. The maximum absolute atomic E-state index is 12.2. The fraction of sp³-hybridized carbons (Fsp3) is 0.765. The van der Waals surface area contributed by atoms with Crippen molar-refractivity contribution in [2.45, 2.75) is 57.7 Å². The summed E-state index contributed by atoms with van der Waals surface area (Å²) < 4.78 is 0. The van der Waals surface area contributed by atoms with Gasteiger partial charge in [0.1, 0.15) is 0 Å². The number of hydrogen-bond donors (Lipinski definition) is 3. The van der Waals surface area contributed by atoms with Crippen LogP contribution in [-0.2, 0) is 11.2 Å². The van der Waals surface area contributed by atoms with Gasteiger partial charge in [0.15, 0.2) is 0 Å². The van der Waals surface area contributed by atoms with Gasteiger partial charge in [0.2, 0.25) is 5.91 Å². The zero-order valence-electron chi connectivity index (χ0n) is 14.2. The Morgan fingerprint density at radius 1 is 1.57 bits per heavy atom. The standard InChI is InChI=1S/C17H28N4O2/c1-11(2)16-17(9-21(16)3)6-13(14(22)7-17)20-15(23)5-4-12-8-18-10-19-12/h8,10-11,13-14,16,22H,4-7,9H2,1-3H3,(H,18,19)(H,20,23)/t13-,14-,16?,17?/m1/s1. The highest BCUT2D eigenvalue weighted by Crippen LogP contribution is 2.52. The van der Waals surface area contributed by atoms with Gasteiger partial charge in [-0.05, 0) is 32.2 Å². The Balaban J connectivity index is 1.54. The van der Waals surface area contributed by atoms with Crippen LogP contribution in [0.1, 0.15) is 38.8 Å². The molecule has 1 saturated carbocycles. The number of aliphatic hydroxyl groups excluding tert-OH is 1. The predicted octanol–water partition coefficient (Wildman–Crippen LogP) is 0.938. The Morgan fingerprint density at radius 2 is 2.35 bits per heavy atom. The number of imidazole rings is 1. The molecule has 1 spiro atoms. The first-order valence-corrected chi connectivity index (χ1v) is 8.56. The second-order valence-electron chi connectivity index (χ2n) is 7.69. The molecule has 2 aliphatic rings. The SMILES string of the molecule is CC(C)C1N(C)CC12C[C@@H](O)[C@H](NC(=O)CCc1cnc[nH]1)C2. The molecule has 2 unspecified atom stereocenters. The summed E-state index contributed by atoms with van der Waals surface area (Å²) in [4.78, 5) is 21.5. The van der Waals surface area contributed by atoms with Crippen LogP contribution in [-0.4, -0.2) is 57.7 Å². The van der Waals surface area contributed by atoms with Crippen molar-refractivity contribution < 1.29 is 9.90 Å². The third-order valence-corrected chi connectivity index (χ3v) is 5.53. The fourth-order valence-corrected chi connectivity index (χ4v) is 4.94. The van der Waals surface area contributed by atoms with Gasteiger partial charge in [0, 0.05) is 36.3 Å². The minimum Gasteiger partial charge on any atom is -0.391 e. The highest BCUT2D eigenvalue weighted by molar-refractivity contribution is 5.76. The largest absolute Gasteiger partial charge is 0.391 e. The van der Waals surface area contributed by atoms with Gasteiger partial charge in [0.25, 0.3) is 0 Å². The summed E-state index contributed by atoms with van der Waals surface area (Å²) in [6, 6.07) is 0.392. The first-order chi connectivity index (χ1) is 10.9. The number of nitrogens with zero attached hydrogens (tertiary/aromatic N) is 2. The number of aryl methyl sites for hydroxylation is 1. The second-order valence-corrected chi connectivity index (χ2v) is 7.69. The number of H-pyrrole nitrogens is 1. The van der Waals surface area contributed by atoms with Crippen molar-refractivity contribution in [3.05, 3.63) is 18.2 Å². The van der Waals surface area contributed by atoms with Crippen LogP contribution in [0.25, 0.3) is 0 Å². The van der Waals surface area contributed by atoms with Gasteiger partial charge in [-0.25, -0.2) is 4.98 Å². The van der Waals surface area contributed by atoms with Crippen LogP contribution in [0.5, 0.6) is 0 Å². The summed E-state index contributed by atoms with van der Waals surface area (Å²) in [6.45, 7) is 5.50. The molecular formula is C17H28N4O2. The zero-order valence-corrected chi connectivity index (χ0v) is 14.2. The van der Waals surface area contributed by atoms with Crippen LogP contribution in [0.3, 0.4) is 0 Å². The summed E-state index contributed by atoms with van der Waals surface area (Å²) >= 11 is 0. The van der Waals surface area contributed by atoms with Gasteiger partial charge in [-0.2, -0.15) is 0 Å². The van der Waals surface area contributed by atoms with Crippen LogP contribution >= 0.6 is 0 Å². The monoisotopic (exact) mass is 320 g/mol. The second kappa shape index (κ2) is 6.24. The number of aliphatic hydroxyl groups is 1. The Kier molecular flexibility index (Phi) is 4.47. The van der Waals surface area contributed by atoms with Gasteiger partial charge in [0.05, 0.1) is 18.5 Å². The molecule has 3 rings (SSSR count). The van der Waals surface area contributed by atoms with E-state index in [1.807, 2.05) is 0 Å². The smallest absolute Gasteiger partial charge is 0.220 e. The van der Waals surface area contributed by atoms with Crippen LogP contribution in [0, 0.1) is 11.3 Å². The van der Waals surface area contributed by atoms with Crippen molar-refractivity contribution >= 4 is 5.91 Å². The number of aromatic amines is 1. The van der Waals surface area contributed by atoms with Crippen LogP contribution in [0.4, 0.5) is 0 Å². The number of amides is 1. The van der Waals surface area contributed by atoms with Crippen LogP contribution < -0.4 is 5.32 Å².